The summed E-state index contributed by atoms with van der Waals surface area (Å²) in [5.41, 5.74) is 0.346. The van der Waals surface area contributed by atoms with E-state index in [0.29, 0.717) is 23.4 Å². The topological polar surface area (TPSA) is 37.3 Å². The summed E-state index contributed by atoms with van der Waals surface area (Å²) in [5, 5.41) is 8.83. The zero-order valence-electron chi connectivity index (χ0n) is 8.42. The second-order valence-electron chi connectivity index (χ2n) is 3.39. The maximum atomic E-state index is 12.6. The predicted octanol–water partition coefficient (Wildman–Crippen LogP) is 3.68. The molecule has 16 heavy (non-hydrogen) atoms. The number of hydrogen-bond acceptors (Lipinski definition) is 1. The summed E-state index contributed by atoms with van der Waals surface area (Å²) in [4.78, 5) is 10.3. The van der Waals surface area contributed by atoms with Crippen LogP contribution in [0, 0.1) is 0 Å². The molecule has 0 fully saturated rings. The standard InChI is InChI=1S/C11H11ClF2O2/c12-8-4-5-9(11(13)14)7(6-8)2-1-3-10(15)16/h4-6,11H,1-3H2,(H,15,16). The van der Waals surface area contributed by atoms with Crippen molar-refractivity contribution in [2.24, 2.45) is 0 Å². The van der Waals surface area contributed by atoms with Crippen LogP contribution in [0.15, 0.2) is 18.2 Å². The molecule has 0 aliphatic heterocycles. The Bertz CT molecular complexity index is 380. The zero-order valence-corrected chi connectivity index (χ0v) is 9.18. The number of carboxylic acid groups (broad SMARTS) is 1. The molecule has 1 aromatic rings. The molecule has 0 spiro atoms. The Morgan fingerprint density at radius 1 is 1.44 bits per heavy atom. The van der Waals surface area contributed by atoms with E-state index >= 15 is 0 Å². The van der Waals surface area contributed by atoms with E-state index in [4.69, 9.17) is 16.7 Å². The molecule has 1 aromatic carbocycles. The minimum Gasteiger partial charge on any atom is -0.481 e. The SMILES string of the molecule is O=C(O)CCCc1cc(Cl)ccc1C(F)F. The van der Waals surface area contributed by atoms with Gasteiger partial charge in [-0.3, -0.25) is 4.79 Å². The fourth-order valence-electron chi connectivity index (χ4n) is 1.43. The number of hydrogen-bond donors (Lipinski definition) is 1. The number of alkyl halides is 2. The van der Waals surface area contributed by atoms with Crippen LogP contribution in [0.25, 0.3) is 0 Å². The minimum atomic E-state index is -2.56. The van der Waals surface area contributed by atoms with Crippen molar-refractivity contribution in [1.29, 1.82) is 0 Å². The molecule has 5 heteroatoms. The molecule has 0 aliphatic carbocycles. The molecule has 1 N–H and O–H groups in total. The Hall–Kier alpha value is -1.16. The molecule has 0 heterocycles. The lowest BCUT2D eigenvalue weighted by molar-refractivity contribution is -0.137. The maximum Gasteiger partial charge on any atom is 0.303 e. The highest BCUT2D eigenvalue weighted by atomic mass is 35.5. The van der Waals surface area contributed by atoms with Gasteiger partial charge in [0.25, 0.3) is 6.43 Å². The van der Waals surface area contributed by atoms with Gasteiger partial charge in [-0.15, -0.1) is 0 Å². The molecule has 1 rings (SSSR count). The summed E-state index contributed by atoms with van der Waals surface area (Å²) in [6, 6.07) is 4.15. The van der Waals surface area contributed by atoms with Crippen molar-refractivity contribution in [3.8, 4) is 0 Å². The molecule has 0 aromatic heterocycles. The van der Waals surface area contributed by atoms with Gasteiger partial charge >= 0.3 is 5.97 Å². The summed E-state index contributed by atoms with van der Waals surface area (Å²) < 4.78 is 25.2. The highest BCUT2D eigenvalue weighted by Crippen LogP contribution is 2.26. The van der Waals surface area contributed by atoms with Crippen molar-refractivity contribution in [1.82, 2.24) is 0 Å². The smallest absolute Gasteiger partial charge is 0.303 e. The monoisotopic (exact) mass is 248 g/mol. The van der Waals surface area contributed by atoms with Gasteiger partial charge in [0.15, 0.2) is 0 Å². The van der Waals surface area contributed by atoms with Gasteiger partial charge in [0.2, 0.25) is 0 Å². The molecule has 2 nitrogen and oxygen atoms in total. The van der Waals surface area contributed by atoms with Gasteiger partial charge in [0.1, 0.15) is 0 Å². The fraction of sp³-hybridized carbons (Fsp3) is 0.364. The van der Waals surface area contributed by atoms with E-state index in [9.17, 15) is 13.6 Å². The first-order valence-electron chi connectivity index (χ1n) is 4.79. The highest BCUT2D eigenvalue weighted by Gasteiger charge is 2.13. The Balaban J connectivity index is 2.76. The van der Waals surface area contributed by atoms with Crippen molar-refractivity contribution in [2.75, 3.05) is 0 Å². The Morgan fingerprint density at radius 2 is 2.12 bits per heavy atom. The Labute approximate surface area is 96.8 Å². The molecule has 88 valence electrons. The number of rotatable bonds is 5. The first kappa shape index (κ1) is 12.9. The number of halogens is 3. The van der Waals surface area contributed by atoms with Crippen molar-refractivity contribution >= 4 is 17.6 Å². The predicted molar refractivity (Wildman–Crippen MR) is 57.0 cm³/mol. The van der Waals surface area contributed by atoms with E-state index < -0.39 is 12.4 Å². The van der Waals surface area contributed by atoms with Crippen molar-refractivity contribution < 1.29 is 18.7 Å². The van der Waals surface area contributed by atoms with E-state index in [2.05, 4.69) is 0 Å². The van der Waals surface area contributed by atoms with E-state index in [1.54, 1.807) is 0 Å². The molecule has 0 bridgehead atoms. The van der Waals surface area contributed by atoms with Crippen LogP contribution in [0.1, 0.15) is 30.4 Å². The van der Waals surface area contributed by atoms with Crippen LogP contribution in [0.3, 0.4) is 0 Å². The molecular formula is C11H11ClF2O2. The molecule has 0 saturated carbocycles. The summed E-state index contributed by atoms with van der Waals surface area (Å²) in [6.07, 6.45) is -1.96. The summed E-state index contributed by atoms with van der Waals surface area (Å²) in [5.74, 6) is -0.930. The quantitative estimate of drug-likeness (QED) is 0.863. The average Bonchev–Trinajstić information content (AvgIpc) is 2.16. The number of carboxylic acids is 1. The van der Waals surface area contributed by atoms with Gasteiger partial charge in [0.05, 0.1) is 0 Å². The van der Waals surface area contributed by atoms with Crippen molar-refractivity contribution in [2.45, 2.75) is 25.7 Å². The van der Waals surface area contributed by atoms with E-state index in [1.165, 1.54) is 18.2 Å². The van der Waals surface area contributed by atoms with Crippen LogP contribution in [-0.4, -0.2) is 11.1 Å². The van der Waals surface area contributed by atoms with Crippen LogP contribution in [-0.2, 0) is 11.2 Å². The number of aliphatic carboxylic acids is 1. The third-order valence-electron chi connectivity index (χ3n) is 2.18. The third kappa shape index (κ3) is 3.77. The normalized spacial score (nSPS) is 10.8. The van der Waals surface area contributed by atoms with Crippen LogP contribution in [0.4, 0.5) is 8.78 Å². The lowest BCUT2D eigenvalue weighted by Crippen LogP contribution is -1.99. The highest BCUT2D eigenvalue weighted by molar-refractivity contribution is 6.30. The van der Waals surface area contributed by atoms with Crippen LogP contribution < -0.4 is 0 Å². The van der Waals surface area contributed by atoms with E-state index in [-0.39, 0.29) is 12.0 Å². The molecule has 0 unspecified atom stereocenters. The van der Waals surface area contributed by atoms with Gasteiger partial charge < -0.3 is 5.11 Å². The molecule has 0 amide bonds. The van der Waals surface area contributed by atoms with Crippen molar-refractivity contribution in [3.05, 3.63) is 34.3 Å². The molecule has 0 aliphatic rings. The third-order valence-corrected chi connectivity index (χ3v) is 2.41. The van der Waals surface area contributed by atoms with E-state index in [1.807, 2.05) is 0 Å². The van der Waals surface area contributed by atoms with E-state index in [0.717, 1.165) is 0 Å². The first-order valence-corrected chi connectivity index (χ1v) is 5.16. The summed E-state index contributed by atoms with van der Waals surface area (Å²) in [6.45, 7) is 0. The molecule has 0 atom stereocenters. The number of benzene rings is 1. The van der Waals surface area contributed by atoms with Crippen LogP contribution >= 0.6 is 11.6 Å². The number of carbonyl (C=O) groups is 1. The van der Waals surface area contributed by atoms with Gasteiger partial charge in [-0.2, -0.15) is 0 Å². The molecule has 0 radical (unpaired) electrons. The minimum absolute atomic E-state index is 0.0325. The van der Waals surface area contributed by atoms with Crippen LogP contribution in [0.2, 0.25) is 5.02 Å². The Kier molecular flexibility index (Phi) is 4.68. The maximum absolute atomic E-state index is 12.6. The summed E-state index contributed by atoms with van der Waals surface area (Å²) >= 11 is 5.70. The lowest BCUT2D eigenvalue weighted by atomic mass is 10.0. The summed E-state index contributed by atoms with van der Waals surface area (Å²) in [7, 11) is 0. The van der Waals surface area contributed by atoms with Gasteiger partial charge in [-0.05, 0) is 30.5 Å². The lowest BCUT2D eigenvalue weighted by Gasteiger charge is -2.08. The van der Waals surface area contributed by atoms with Crippen molar-refractivity contribution in [3.63, 3.8) is 0 Å². The Morgan fingerprint density at radius 3 is 2.69 bits per heavy atom. The first-order chi connectivity index (χ1) is 7.50. The van der Waals surface area contributed by atoms with Crippen LogP contribution in [0.5, 0.6) is 0 Å². The van der Waals surface area contributed by atoms with Gasteiger partial charge in [-0.25, -0.2) is 8.78 Å². The second kappa shape index (κ2) is 5.80. The second-order valence-corrected chi connectivity index (χ2v) is 3.83. The average molecular weight is 249 g/mol. The molecular weight excluding hydrogens is 238 g/mol. The fourth-order valence-corrected chi connectivity index (χ4v) is 1.63. The zero-order chi connectivity index (χ0) is 12.1. The number of aryl methyl sites for hydroxylation is 1. The largest absolute Gasteiger partial charge is 0.481 e. The van der Waals surface area contributed by atoms with Gasteiger partial charge in [0, 0.05) is 17.0 Å². The molecule has 0 saturated heterocycles. The van der Waals surface area contributed by atoms with Gasteiger partial charge in [-0.1, -0.05) is 17.7 Å².